The number of Topliss-reactive ketones (excluding diaryl/α,β-unsaturated/α-hetero) is 1. The number of hydrogen-bond acceptors (Lipinski definition) is 4. The zero-order valence-corrected chi connectivity index (χ0v) is 10.6. The molecule has 0 radical (unpaired) electrons. The molecule has 2 atom stereocenters. The lowest BCUT2D eigenvalue weighted by Crippen LogP contribution is -2.29. The van der Waals surface area contributed by atoms with Crippen molar-refractivity contribution < 1.29 is 9.72 Å². The molecule has 0 heterocycles. The number of carbonyl (C=O) groups excluding carboxylic acids is 1. The zero-order valence-electron chi connectivity index (χ0n) is 10.6. The van der Waals surface area contributed by atoms with Gasteiger partial charge in [-0.2, -0.15) is 5.26 Å². The molecule has 19 heavy (non-hydrogen) atoms. The second kappa shape index (κ2) is 4.81. The number of carbonyl (C=O) groups is 1. The number of benzene rings is 1. The number of non-ortho nitro benzene ring substituents is 1. The lowest BCUT2D eigenvalue weighted by atomic mass is 9.69. The summed E-state index contributed by atoms with van der Waals surface area (Å²) in [4.78, 5) is 22.1. The molecule has 0 N–H and O–H groups in total. The zero-order chi connectivity index (χ0) is 14.0. The highest BCUT2D eigenvalue weighted by Crippen LogP contribution is 2.42. The normalized spacial score (nSPS) is 26.7. The molecule has 0 aromatic heterocycles. The number of nitriles is 1. The van der Waals surface area contributed by atoms with E-state index in [1.165, 1.54) is 12.1 Å². The SMILES string of the molecule is C[C@@]1(C#N)CC(=O)C[C@@H](c2cccc([N+](=O)[O-])c2)C1. The van der Waals surface area contributed by atoms with Crippen LogP contribution in [0.25, 0.3) is 0 Å². The van der Waals surface area contributed by atoms with Crippen molar-refractivity contribution in [3.8, 4) is 6.07 Å². The molecule has 0 amide bonds. The van der Waals surface area contributed by atoms with E-state index in [-0.39, 0.29) is 23.8 Å². The van der Waals surface area contributed by atoms with Gasteiger partial charge in [0.25, 0.3) is 5.69 Å². The van der Waals surface area contributed by atoms with E-state index in [2.05, 4.69) is 6.07 Å². The highest BCUT2D eigenvalue weighted by atomic mass is 16.6. The van der Waals surface area contributed by atoms with Crippen LogP contribution in [0, 0.1) is 26.9 Å². The van der Waals surface area contributed by atoms with Crippen molar-refractivity contribution in [2.24, 2.45) is 5.41 Å². The van der Waals surface area contributed by atoms with E-state index in [1.54, 1.807) is 19.1 Å². The third-order valence-corrected chi connectivity index (χ3v) is 3.58. The second-order valence-corrected chi connectivity index (χ2v) is 5.35. The molecule has 2 rings (SSSR count). The number of nitrogens with zero attached hydrogens (tertiary/aromatic N) is 2. The van der Waals surface area contributed by atoms with E-state index >= 15 is 0 Å². The topological polar surface area (TPSA) is 84.0 Å². The van der Waals surface area contributed by atoms with Crippen LogP contribution in [0.5, 0.6) is 0 Å². The largest absolute Gasteiger partial charge is 0.300 e. The van der Waals surface area contributed by atoms with Crippen molar-refractivity contribution in [3.05, 3.63) is 39.9 Å². The minimum absolute atomic E-state index is 0.0224. The molecule has 0 spiro atoms. The van der Waals surface area contributed by atoms with Crippen LogP contribution in [-0.4, -0.2) is 10.7 Å². The fraction of sp³-hybridized carbons (Fsp3) is 0.429. The number of ketones is 1. The Bertz CT molecular complexity index is 576. The molecule has 0 unspecified atom stereocenters. The van der Waals surface area contributed by atoms with Gasteiger partial charge in [-0.3, -0.25) is 14.9 Å². The van der Waals surface area contributed by atoms with E-state index in [0.717, 1.165) is 5.56 Å². The van der Waals surface area contributed by atoms with Crippen molar-refractivity contribution in [2.45, 2.75) is 32.1 Å². The molecule has 5 nitrogen and oxygen atoms in total. The third-order valence-electron chi connectivity index (χ3n) is 3.58. The molecule has 1 aliphatic rings. The van der Waals surface area contributed by atoms with Crippen LogP contribution in [0.4, 0.5) is 5.69 Å². The highest BCUT2D eigenvalue weighted by molar-refractivity contribution is 5.81. The fourth-order valence-corrected chi connectivity index (χ4v) is 2.68. The molecule has 0 saturated heterocycles. The predicted octanol–water partition coefficient (Wildman–Crippen LogP) is 2.96. The smallest absolute Gasteiger partial charge is 0.269 e. The number of rotatable bonds is 2. The van der Waals surface area contributed by atoms with Gasteiger partial charge >= 0.3 is 0 Å². The molecular weight excluding hydrogens is 244 g/mol. The molecule has 5 heteroatoms. The van der Waals surface area contributed by atoms with Gasteiger partial charge in [-0.05, 0) is 24.8 Å². The van der Waals surface area contributed by atoms with Crippen LogP contribution in [0.3, 0.4) is 0 Å². The summed E-state index contributed by atoms with van der Waals surface area (Å²) in [6, 6.07) is 8.53. The van der Waals surface area contributed by atoms with E-state index < -0.39 is 10.3 Å². The summed E-state index contributed by atoms with van der Waals surface area (Å²) >= 11 is 0. The molecule has 1 aromatic rings. The maximum atomic E-state index is 11.8. The Labute approximate surface area is 111 Å². The summed E-state index contributed by atoms with van der Waals surface area (Å²) in [6.07, 6.45) is 1.20. The fourth-order valence-electron chi connectivity index (χ4n) is 2.68. The number of nitro groups is 1. The van der Waals surface area contributed by atoms with Crippen LogP contribution in [-0.2, 0) is 4.79 Å². The van der Waals surface area contributed by atoms with Crippen LogP contribution < -0.4 is 0 Å². The summed E-state index contributed by atoms with van der Waals surface area (Å²) in [5.74, 6) is -0.0578. The van der Waals surface area contributed by atoms with Crippen molar-refractivity contribution >= 4 is 11.5 Å². The maximum absolute atomic E-state index is 11.8. The van der Waals surface area contributed by atoms with Crippen molar-refractivity contribution in [1.82, 2.24) is 0 Å². The standard InChI is InChI=1S/C14H14N2O3/c1-14(9-15)7-11(6-13(17)8-14)10-3-2-4-12(5-10)16(18)19/h2-5,11H,6-8H2,1H3/t11-,14+/m1/s1. The Morgan fingerprint density at radius 2 is 2.26 bits per heavy atom. The van der Waals surface area contributed by atoms with Gasteiger partial charge in [-0.1, -0.05) is 12.1 Å². The lowest BCUT2D eigenvalue weighted by molar-refractivity contribution is -0.384. The van der Waals surface area contributed by atoms with Crippen molar-refractivity contribution in [1.29, 1.82) is 5.26 Å². The average molecular weight is 258 g/mol. The third kappa shape index (κ3) is 2.79. The predicted molar refractivity (Wildman–Crippen MR) is 68.4 cm³/mol. The summed E-state index contributed by atoms with van der Waals surface area (Å²) < 4.78 is 0. The van der Waals surface area contributed by atoms with Gasteiger partial charge in [-0.15, -0.1) is 0 Å². The first-order chi connectivity index (χ1) is 8.93. The van der Waals surface area contributed by atoms with Gasteiger partial charge in [0.1, 0.15) is 5.78 Å². The Morgan fingerprint density at radius 1 is 1.53 bits per heavy atom. The van der Waals surface area contributed by atoms with E-state index in [9.17, 15) is 14.9 Å². The van der Waals surface area contributed by atoms with E-state index in [0.29, 0.717) is 12.8 Å². The average Bonchev–Trinajstić information content (AvgIpc) is 2.38. The first-order valence-corrected chi connectivity index (χ1v) is 6.11. The number of nitro benzene ring substituents is 1. The van der Waals surface area contributed by atoms with Gasteiger partial charge < -0.3 is 0 Å². The van der Waals surface area contributed by atoms with Gasteiger partial charge in [0.2, 0.25) is 0 Å². The second-order valence-electron chi connectivity index (χ2n) is 5.35. The molecule has 1 saturated carbocycles. The van der Waals surface area contributed by atoms with E-state index in [1.807, 2.05) is 0 Å². The Morgan fingerprint density at radius 3 is 2.89 bits per heavy atom. The van der Waals surface area contributed by atoms with Crippen molar-refractivity contribution in [2.75, 3.05) is 0 Å². The summed E-state index contributed by atoms with van der Waals surface area (Å²) in [5.41, 5.74) is 0.128. The Hall–Kier alpha value is -2.22. The Kier molecular flexibility index (Phi) is 3.34. The van der Waals surface area contributed by atoms with E-state index in [4.69, 9.17) is 5.26 Å². The first-order valence-electron chi connectivity index (χ1n) is 6.11. The first kappa shape index (κ1) is 13.2. The highest BCUT2D eigenvalue weighted by Gasteiger charge is 2.37. The Balaban J connectivity index is 2.31. The summed E-state index contributed by atoms with van der Waals surface area (Å²) in [7, 11) is 0. The molecule has 1 aromatic carbocycles. The molecule has 98 valence electrons. The molecule has 1 aliphatic carbocycles. The lowest BCUT2D eigenvalue weighted by Gasteiger charge is -2.32. The quantitative estimate of drug-likeness (QED) is 0.603. The van der Waals surface area contributed by atoms with Crippen LogP contribution in [0.15, 0.2) is 24.3 Å². The minimum atomic E-state index is -0.662. The monoisotopic (exact) mass is 258 g/mol. The van der Waals surface area contributed by atoms with Crippen LogP contribution >= 0.6 is 0 Å². The summed E-state index contributed by atoms with van der Waals surface area (Å²) in [5, 5.41) is 19.9. The van der Waals surface area contributed by atoms with Gasteiger partial charge in [0.15, 0.2) is 0 Å². The van der Waals surface area contributed by atoms with Crippen LogP contribution in [0.2, 0.25) is 0 Å². The molecule has 0 aliphatic heterocycles. The van der Waals surface area contributed by atoms with Gasteiger partial charge in [-0.25, -0.2) is 0 Å². The molecule has 0 bridgehead atoms. The van der Waals surface area contributed by atoms with Gasteiger partial charge in [0, 0.05) is 25.0 Å². The molecular formula is C14H14N2O3. The maximum Gasteiger partial charge on any atom is 0.269 e. The van der Waals surface area contributed by atoms with Gasteiger partial charge in [0.05, 0.1) is 16.4 Å². The summed E-state index contributed by atoms with van der Waals surface area (Å²) in [6.45, 7) is 1.77. The van der Waals surface area contributed by atoms with Crippen LogP contribution in [0.1, 0.15) is 37.7 Å². The molecule has 1 fully saturated rings. The van der Waals surface area contributed by atoms with Crippen molar-refractivity contribution in [3.63, 3.8) is 0 Å². The minimum Gasteiger partial charge on any atom is -0.300 e. The number of hydrogen-bond donors (Lipinski definition) is 0.